The van der Waals surface area contributed by atoms with Crippen LogP contribution < -0.4 is 0 Å². The number of aromatic carboxylic acids is 1. The van der Waals surface area contributed by atoms with E-state index in [2.05, 4.69) is 10.2 Å². The first kappa shape index (κ1) is 16.8. The molecule has 0 saturated carbocycles. The van der Waals surface area contributed by atoms with Gasteiger partial charge in [0.05, 0.1) is 33.4 Å². The van der Waals surface area contributed by atoms with E-state index in [0.29, 0.717) is 12.8 Å². The lowest BCUT2D eigenvalue weighted by Gasteiger charge is -2.12. The van der Waals surface area contributed by atoms with Crippen molar-refractivity contribution >= 4 is 40.1 Å². The molecule has 0 aliphatic heterocycles. The van der Waals surface area contributed by atoms with Crippen LogP contribution in [0.5, 0.6) is 0 Å². The Bertz CT molecular complexity index is 885. The fraction of sp³-hybridized carbons (Fsp3) is 0.176. The number of aromatic amines is 1. The molecule has 24 heavy (non-hydrogen) atoms. The van der Waals surface area contributed by atoms with Crippen molar-refractivity contribution in [3.63, 3.8) is 0 Å². The minimum Gasteiger partial charge on any atom is -0.478 e. The molecule has 0 aliphatic rings. The highest BCUT2D eigenvalue weighted by molar-refractivity contribution is 6.39. The third-order valence-electron chi connectivity index (χ3n) is 3.87. The zero-order valence-corrected chi connectivity index (χ0v) is 14.0. The molecule has 3 N–H and O–H groups in total. The Morgan fingerprint density at radius 2 is 1.92 bits per heavy atom. The molecule has 0 bridgehead atoms. The predicted octanol–water partition coefficient (Wildman–Crippen LogP) is 4.23. The van der Waals surface area contributed by atoms with Crippen LogP contribution in [0.1, 0.15) is 34.0 Å². The van der Waals surface area contributed by atoms with Crippen LogP contribution in [0, 0.1) is 0 Å². The maximum atomic E-state index is 11.1. The smallest absolute Gasteiger partial charge is 0.338 e. The maximum absolute atomic E-state index is 11.1. The molecule has 0 saturated heterocycles. The number of rotatable bonds is 5. The van der Waals surface area contributed by atoms with E-state index >= 15 is 0 Å². The Morgan fingerprint density at radius 1 is 1.21 bits per heavy atom. The molecule has 1 unspecified atom stereocenters. The van der Waals surface area contributed by atoms with Gasteiger partial charge in [0.2, 0.25) is 0 Å². The molecule has 1 aromatic heterocycles. The van der Waals surface area contributed by atoms with E-state index in [-0.39, 0.29) is 15.6 Å². The minimum absolute atomic E-state index is 0.0957. The Labute approximate surface area is 147 Å². The average Bonchev–Trinajstić information content (AvgIpc) is 2.99. The standard InChI is InChI=1S/C17H14Cl2N2O3/c18-12-5-9(6-13(19)16(12)17(23)24)1-4-15(22)10-2-3-11-8-20-21-14(11)7-10/h2-3,5-8,15,22H,1,4H2,(H,20,21)(H,23,24). The summed E-state index contributed by atoms with van der Waals surface area (Å²) in [6, 6.07) is 8.76. The highest BCUT2D eigenvalue weighted by atomic mass is 35.5. The van der Waals surface area contributed by atoms with Gasteiger partial charge in [-0.2, -0.15) is 5.10 Å². The molecule has 0 fully saturated rings. The second-order valence-electron chi connectivity index (χ2n) is 5.51. The molecule has 5 nitrogen and oxygen atoms in total. The first-order valence-electron chi connectivity index (χ1n) is 7.28. The number of carboxylic acid groups (broad SMARTS) is 1. The van der Waals surface area contributed by atoms with Gasteiger partial charge in [-0.1, -0.05) is 35.3 Å². The third kappa shape index (κ3) is 3.38. The van der Waals surface area contributed by atoms with Gasteiger partial charge in [-0.25, -0.2) is 4.79 Å². The molecule has 3 rings (SSSR count). The maximum Gasteiger partial charge on any atom is 0.338 e. The Hall–Kier alpha value is -2.08. The number of carboxylic acids is 1. The second kappa shape index (κ2) is 6.81. The lowest BCUT2D eigenvalue weighted by Crippen LogP contribution is -2.02. The number of aliphatic hydroxyl groups is 1. The van der Waals surface area contributed by atoms with Crippen LogP contribution in [0.3, 0.4) is 0 Å². The average molecular weight is 365 g/mol. The van der Waals surface area contributed by atoms with E-state index < -0.39 is 12.1 Å². The molecule has 0 aliphatic carbocycles. The van der Waals surface area contributed by atoms with Crippen molar-refractivity contribution in [3.05, 3.63) is 63.3 Å². The van der Waals surface area contributed by atoms with Crippen molar-refractivity contribution in [1.29, 1.82) is 0 Å². The van der Waals surface area contributed by atoms with E-state index in [9.17, 15) is 9.90 Å². The first-order valence-corrected chi connectivity index (χ1v) is 8.03. The molecule has 7 heteroatoms. The van der Waals surface area contributed by atoms with Crippen molar-refractivity contribution in [2.24, 2.45) is 0 Å². The number of carbonyl (C=O) groups is 1. The molecule has 0 amide bonds. The third-order valence-corrected chi connectivity index (χ3v) is 4.47. The number of nitrogens with one attached hydrogen (secondary N) is 1. The molecule has 0 radical (unpaired) electrons. The molecule has 1 atom stereocenters. The quantitative estimate of drug-likeness (QED) is 0.631. The summed E-state index contributed by atoms with van der Waals surface area (Å²) < 4.78 is 0. The Balaban J connectivity index is 1.74. The van der Waals surface area contributed by atoms with Crippen LogP contribution >= 0.6 is 23.2 Å². The zero-order chi connectivity index (χ0) is 17.3. The highest BCUT2D eigenvalue weighted by Gasteiger charge is 2.16. The van der Waals surface area contributed by atoms with Crippen molar-refractivity contribution in [2.45, 2.75) is 18.9 Å². The molecule has 124 valence electrons. The molecule has 1 heterocycles. The number of aliphatic hydroxyl groups excluding tert-OH is 1. The van der Waals surface area contributed by atoms with Gasteiger partial charge in [0.15, 0.2) is 0 Å². The summed E-state index contributed by atoms with van der Waals surface area (Å²) in [5.41, 5.74) is 2.32. The molecule has 0 spiro atoms. The van der Waals surface area contributed by atoms with Crippen molar-refractivity contribution in [2.75, 3.05) is 0 Å². The Morgan fingerprint density at radius 3 is 2.58 bits per heavy atom. The SMILES string of the molecule is O=C(O)c1c(Cl)cc(CCC(O)c2ccc3cn[nH]c3c2)cc1Cl. The van der Waals surface area contributed by atoms with Gasteiger partial charge < -0.3 is 10.2 Å². The second-order valence-corrected chi connectivity index (χ2v) is 6.33. The predicted molar refractivity (Wildman–Crippen MR) is 92.8 cm³/mol. The summed E-state index contributed by atoms with van der Waals surface area (Å²) in [5.74, 6) is -1.16. The topological polar surface area (TPSA) is 86.2 Å². The van der Waals surface area contributed by atoms with Crippen LogP contribution in [0.25, 0.3) is 10.9 Å². The van der Waals surface area contributed by atoms with Crippen LogP contribution in [0.15, 0.2) is 36.5 Å². The van der Waals surface area contributed by atoms with Gasteiger partial charge in [-0.3, -0.25) is 5.10 Å². The number of aryl methyl sites for hydroxylation is 1. The van der Waals surface area contributed by atoms with E-state index in [0.717, 1.165) is 22.0 Å². The van der Waals surface area contributed by atoms with Gasteiger partial charge in [0, 0.05) is 5.39 Å². The van der Waals surface area contributed by atoms with Gasteiger partial charge in [0.25, 0.3) is 0 Å². The zero-order valence-electron chi connectivity index (χ0n) is 12.5. The number of aromatic nitrogens is 2. The molecule has 2 aromatic carbocycles. The number of hydrogen-bond donors (Lipinski definition) is 3. The fourth-order valence-corrected chi connectivity index (χ4v) is 3.30. The van der Waals surface area contributed by atoms with Gasteiger partial charge in [-0.15, -0.1) is 0 Å². The fourth-order valence-electron chi connectivity index (χ4n) is 2.61. The number of benzene rings is 2. The number of halogens is 2. The summed E-state index contributed by atoms with van der Waals surface area (Å²) in [6.07, 6.45) is 2.04. The van der Waals surface area contributed by atoms with Gasteiger partial charge in [-0.05, 0) is 42.2 Å². The van der Waals surface area contributed by atoms with E-state index in [4.69, 9.17) is 28.3 Å². The molecular weight excluding hydrogens is 351 g/mol. The number of nitrogens with zero attached hydrogens (tertiary/aromatic N) is 1. The number of hydrogen-bond acceptors (Lipinski definition) is 3. The lowest BCUT2D eigenvalue weighted by molar-refractivity contribution is 0.0697. The van der Waals surface area contributed by atoms with Crippen molar-refractivity contribution in [3.8, 4) is 0 Å². The first-order chi connectivity index (χ1) is 11.5. The molecular formula is C17H14Cl2N2O3. The van der Waals surface area contributed by atoms with Crippen LogP contribution in [0.2, 0.25) is 10.0 Å². The summed E-state index contributed by atoms with van der Waals surface area (Å²) in [6.45, 7) is 0. The van der Waals surface area contributed by atoms with Gasteiger partial charge >= 0.3 is 5.97 Å². The summed E-state index contributed by atoms with van der Waals surface area (Å²) in [7, 11) is 0. The summed E-state index contributed by atoms with van der Waals surface area (Å²) in [4.78, 5) is 11.1. The monoisotopic (exact) mass is 364 g/mol. The van der Waals surface area contributed by atoms with E-state index in [1.54, 1.807) is 18.3 Å². The normalized spacial score (nSPS) is 12.5. The van der Waals surface area contributed by atoms with E-state index in [1.807, 2.05) is 18.2 Å². The van der Waals surface area contributed by atoms with Crippen LogP contribution in [0.4, 0.5) is 0 Å². The highest BCUT2D eigenvalue weighted by Crippen LogP contribution is 2.29. The van der Waals surface area contributed by atoms with Crippen LogP contribution in [-0.4, -0.2) is 26.4 Å². The summed E-state index contributed by atoms with van der Waals surface area (Å²) >= 11 is 12.0. The number of H-pyrrole nitrogens is 1. The van der Waals surface area contributed by atoms with Gasteiger partial charge in [0.1, 0.15) is 0 Å². The van der Waals surface area contributed by atoms with Crippen molar-refractivity contribution < 1.29 is 15.0 Å². The van der Waals surface area contributed by atoms with E-state index in [1.165, 1.54) is 0 Å². The molecule has 3 aromatic rings. The lowest BCUT2D eigenvalue weighted by atomic mass is 10.00. The largest absolute Gasteiger partial charge is 0.478 e. The van der Waals surface area contributed by atoms with Crippen LogP contribution in [-0.2, 0) is 6.42 Å². The minimum atomic E-state index is -1.16. The van der Waals surface area contributed by atoms with Crippen molar-refractivity contribution in [1.82, 2.24) is 10.2 Å². The summed E-state index contributed by atoms with van der Waals surface area (Å²) in [5, 5.41) is 27.4. The Kier molecular flexibility index (Phi) is 4.76. The number of fused-ring (bicyclic) bond motifs is 1.